The minimum Gasteiger partial charge on any atom is -0.336 e. The summed E-state index contributed by atoms with van der Waals surface area (Å²) in [5.74, 6) is 0.395. The Labute approximate surface area is 165 Å². The third-order valence-corrected chi connectivity index (χ3v) is 5.65. The molecule has 5 nitrogen and oxygen atoms in total. The first-order valence-corrected chi connectivity index (χ1v) is 9.92. The Balaban J connectivity index is 1.51. The van der Waals surface area contributed by atoms with Gasteiger partial charge in [-0.3, -0.25) is 9.59 Å². The van der Waals surface area contributed by atoms with Gasteiger partial charge in [0.2, 0.25) is 5.91 Å². The first-order valence-electron chi connectivity index (χ1n) is 8.94. The fraction of sp³-hybridized carbons (Fsp3) is 0.190. The van der Waals surface area contributed by atoms with E-state index < -0.39 is 0 Å². The molecule has 142 valence electrons. The van der Waals surface area contributed by atoms with Gasteiger partial charge < -0.3 is 9.88 Å². The number of H-pyrrole nitrogens is 1. The molecule has 7 heteroatoms. The topological polar surface area (TPSA) is 66.1 Å². The van der Waals surface area contributed by atoms with Crippen LogP contribution < -0.4 is 5.56 Å². The highest BCUT2D eigenvalue weighted by molar-refractivity contribution is 8.00. The number of rotatable bonds is 4. The normalized spacial score (nSPS) is 13.2. The fourth-order valence-electron chi connectivity index (χ4n) is 3.15. The fourth-order valence-corrected chi connectivity index (χ4v) is 3.97. The van der Waals surface area contributed by atoms with E-state index in [-0.39, 0.29) is 17.3 Å². The van der Waals surface area contributed by atoms with Gasteiger partial charge in [0, 0.05) is 22.6 Å². The molecule has 1 aromatic heterocycles. The standard InChI is InChI=1S/C21H18FN3O2S/c22-15-8-6-14(7-9-15)20-23-18-12-25(11-10-17(18)21(27)24-20)19(26)13-28-16-4-2-1-3-5-16/h1-9H,10-13H2,(H,23,24,27). The number of carbonyl (C=O) groups is 1. The molecule has 0 atom stereocenters. The number of nitrogens with one attached hydrogen (secondary N) is 1. The first kappa shape index (κ1) is 18.4. The highest BCUT2D eigenvalue weighted by Crippen LogP contribution is 2.22. The van der Waals surface area contributed by atoms with E-state index in [1.165, 1.54) is 23.9 Å². The first-order chi connectivity index (χ1) is 13.6. The average Bonchev–Trinajstić information content (AvgIpc) is 2.73. The van der Waals surface area contributed by atoms with Gasteiger partial charge >= 0.3 is 0 Å². The Kier molecular flexibility index (Phi) is 5.25. The number of halogens is 1. The second kappa shape index (κ2) is 7.98. The molecule has 0 spiro atoms. The maximum absolute atomic E-state index is 13.2. The zero-order valence-electron chi connectivity index (χ0n) is 15.0. The number of benzene rings is 2. The summed E-state index contributed by atoms with van der Waals surface area (Å²) in [5, 5.41) is 0. The van der Waals surface area contributed by atoms with Crippen molar-refractivity contribution < 1.29 is 9.18 Å². The molecule has 2 aromatic carbocycles. The monoisotopic (exact) mass is 395 g/mol. The van der Waals surface area contributed by atoms with Crippen LogP contribution in [0.2, 0.25) is 0 Å². The Morgan fingerprint density at radius 2 is 1.89 bits per heavy atom. The quantitative estimate of drug-likeness (QED) is 0.689. The maximum Gasteiger partial charge on any atom is 0.254 e. The molecular weight excluding hydrogens is 377 g/mol. The molecule has 1 amide bonds. The van der Waals surface area contributed by atoms with E-state index in [2.05, 4.69) is 9.97 Å². The summed E-state index contributed by atoms with van der Waals surface area (Å²) in [6.07, 6.45) is 0.475. The molecule has 2 heterocycles. The van der Waals surface area contributed by atoms with Gasteiger partial charge in [-0.25, -0.2) is 9.37 Å². The Hall–Kier alpha value is -2.93. The summed E-state index contributed by atoms with van der Waals surface area (Å²) in [6, 6.07) is 15.6. The van der Waals surface area contributed by atoms with E-state index in [0.29, 0.717) is 47.9 Å². The van der Waals surface area contributed by atoms with Crippen LogP contribution in [-0.4, -0.2) is 33.1 Å². The van der Waals surface area contributed by atoms with Crippen molar-refractivity contribution in [3.05, 3.63) is 82.0 Å². The van der Waals surface area contributed by atoms with Crippen molar-refractivity contribution in [2.45, 2.75) is 17.9 Å². The molecular formula is C21H18FN3O2S. The van der Waals surface area contributed by atoms with Gasteiger partial charge in [0.1, 0.15) is 11.6 Å². The van der Waals surface area contributed by atoms with Gasteiger partial charge in [-0.15, -0.1) is 11.8 Å². The average molecular weight is 395 g/mol. The predicted octanol–water partition coefficient (Wildman–Crippen LogP) is 3.25. The van der Waals surface area contributed by atoms with Crippen molar-refractivity contribution in [3.8, 4) is 11.4 Å². The third kappa shape index (κ3) is 3.99. The minimum absolute atomic E-state index is 0.0184. The van der Waals surface area contributed by atoms with E-state index >= 15 is 0 Å². The molecule has 0 saturated carbocycles. The van der Waals surface area contributed by atoms with Crippen LogP contribution in [0.25, 0.3) is 11.4 Å². The number of nitrogens with zero attached hydrogens (tertiary/aromatic N) is 2. The van der Waals surface area contributed by atoms with Crippen molar-refractivity contribution >= 4 is 17.7 Å². The molecule has 0 bridgehead atoms. The number of hydrogen-bond donors (Lipinski definition) is 1. The summed E-state index contributed by atoms with van der Waals surface area (Å²) in [5.41, 5.74) is 1.65. The Morgan fingerprint density at radius 1 is 1.14 bits per heavy atom. The molecule has 1 N–H and O–H groups in total. The lowest BCUT2D eigenvalue weighted by Gasteiger charge is -2.27. The van der Waals surface area contributed by atoms with E-state index in [4.69, 9.17) is 0 Å². The molecule has 28 heavy (non-hydrogen) atoms. The van der Waals surface area contributed by atoms with Crippen molar-refractivity contribution in [2.24, 2.45) is 0 Å². The molecule has 1 aliphatic heterocycles. The second-order valence-corrected chi connectivity index (χ2v) is 7.56. The van der Waals surface area contributed by atoms with E-state index in [1.54, 1.807) is 17.0 Å². The number of aromatic nitrogens is 2. The zero-order chi connectivity index (χ0) is 19.5. The van der Waals surface area contributed by atoms with Crippen molar-refractivity contribution in [1.29, 1.82) is 0 Å². The summed E-state index contributed by atoms with van der Waals surface area (Å²) in [6.45, 7) is 0.809. The molecule has 1 aliphatic rings. The van der Waals surface area contributed by atoms with Crippen LogP contribution in [0.15, 0.2) is 64.3 Å². The van der Waals surface area contributed by atoms with Crippen LogP contribution in [0.3, 0.4) is 0 Å². The Morgan fingerprint density at radius 3 is 2.64 bits per heavy atom. The number of fused-ring (bicyclic) bond motifs is 1. The smallest absolute Gasteiger partial charge is 0.254 e. The maximum atomic E-state index is 13.2. The van der Waals surface area contributed by atoms with Crippen LogP contribution in [0.5, 0.6) is 0 Å². The van der Waals surface area contributed by atoms with Crippen LogP contribution in [0.1, 0.15) is 11.3 Å². The number of thioether (sulfide) groups is 1. The highest BCUT2D eigenvalue weighted by Gasteiger charge is 2.24. The Bertz CT molecular complexity index is 1050. The SMILES string of the molecule is O=C(CSc1ccccc1)N1CCc2c(nc(-c3ccc(F)cc3)[nH]c2=O)C1. The number of hydrogen-bond acceptors (Lipinski definition) is 4. The molecule has 4 rings (SSSR count). The van der Waals surface area contributed by atoms with E-state index in [0.717, 1.165) is 4.90 Å². The summed E-state index contributed by atoms with van der Waals surface area (Å²) in [4.78, 5) is 35.1. The van der Waals surface area contributed by atoms with Crippen LogP contribution in [0.4, 0.5) is 4.39 Å². The van der Waals surface area contributed by atoms with Gasteiger partial charge in [-0.1, -0.05) is 18.2 Å². The van der Waals surface area contributed by atoms with Gasteiger partial charge in [-0.05, 0) is 42.8 Å². The van der Waals surface area contributed by atoms with Gasteiger partial charge in [-0.2, -0.15) is 0 Å². The largest absolute Gasteiger partial charge is 0.336 e. The number of carbonyl (C=O) groups excluding carboxylic acids is 1. The van der Waals surface area contributed by atoms with Gasteiger partial charge in [0.25, 0.3) is 5.56 Å². The second-order valence-electron chi connectivity index (χ2n) is 6.51. The summed E-state index contributed by atoms with van der Waals surface area (Å²) < 4.78 is 13.2. The van der Waals surface area contributed by atoms with Crippen LogP contribution in [-0.2, 0) is 17.8 Å². The van der Waals surface area contributed by atoms with Gasteiger partial charge in [0.15, 0.2) is 0 Å². The lowest BCUT2D eigenvalue weighted by molar-refractivity contribution is -0.129. The number of amides is 1. The highest BCUT2D eigenvalue weighted by atomic mass is 32.2. The molecule has 0 saturated heterocycles. The molecule has 0 unspecified atom stereocenters. The zero-order valence-corrected chi connectivity index (χ0v) is 15.8. The van der Waals surface area contributed by atoms with Crippen LogP contribution in [0, 0.1) is 5.82 Å². The lowest BCUT2D eigenvalue weighted by atomic mass is 10.1. The van der Waals surface area contributed by atoms with Crippen molar-refractivity contribution in [1.82, 2.24) is 14.9 Å². The summed E-state index contributed by atoms with van der Waals surface area (Å²) >= 11 is 1.49. The van der Waals surface area contributed by atoms with Crippen LogP contribution >= 0.6 is 11.8 Å². The van der Waals surface area contributed by atoms with Crippen molar-refractivity contribution in [2.75, 3.05) is 12.3 Å². The van der Waals surface area contributed by atoms with Gasteiger partial charge in [0.05, 0.1) is 18.0 Å². The molecule has 0 fully saturated rings. The predicted molar refractivity (Wildman–Crippen MR) is 107 cm³/mol. The number of aromatic amines is 1. The third-order valence-electron chi connectivity index (χ3n) is 4.65. The van der Waals surface area contributed by atoms with E-state index in [1.807, 2.05) is 30.3 Å². The molecule has 0 aliphatic carbocycles. The summed E-state index contributed by atoms with van der Waals surface area (Å²) in [7, 11) is 0. The lowest BCUT2D eigenvalue weighted by Crippen LogP contribution is -2.40. The molecule has 3 aromatic rings. The molecule has 0 radical (unpaired) electrons. The minimum atomic E-state index is -0.350. The van der Waals surface area contributed by atoms with E-state index in [9.17, 15) is 14.0 Å². The van der Waals surface area contributed by atoms with Crippen molar-refractivity contribution in [3.63, 3.8) is 0 Å².